The number of aryl methyl sites for hydroxylation is 6. The number of aromatic nitrogens is 8. The smallest absolute Gasteiger partial charge is 0.253 e. The van der Waals surface area contributed by atoms with E-state index in [9.17, 15) is 9.59 Å². The van der Waals surface area contributed by atoms with Gasteiger partial charge < -0.3 is 63.8 Å². The summed E-state index contributed by atoms with van der Waals surface area (Å²) in [5, 5.41) is 22.1. The number of hydrogen-bond donors (Lipinski definition) is 3. The number of rotatable bonds is 8. The van der Waals surface area contributed by atoms with Crippen LogP contribution in [-0.2, 0) is 103 Å². The van der Waals surface area contributed by atoms with Gasteiger partial charge in [0.25, 0.3) is 5.91 Å². The van der Waals surface area contributed by atoms with Gasteiger partial charge in [-0.05, 0) is 243 Å². The number of amides is 2. The first kappa shape index (κ1) is 89.2. The summed E-state index contributed by atoms with van der Waals surface area (Å²) in [6.45, 7) is 20.0. The first-order chi connectivity index (χ1) is 66.5. The molecule has 24 heteroatoms. The molecular formula is C112H116N16O7S. The molecule has 0 radical (unpaired) electrons. The predicted octanol–water partition coefficient (Wildman–Crippen LogP) is 20.5. The third-order valence-electron chi connectivity index (χ3n) is 30.0. The molecule has 9 aromatic carbocycles. The zero-order chi connectivity index (χ0) is 92.5. The number of anilines is 4. The lowest BCUT2D eigenvalue weighted by Crippen LogP contribution is -2.46. The number of pyridine rings is 2. The van der Waals surface area contributed by atoms with Crippen LogP contribution in [0.4, 0.5) is 28.8 Å². The van der Waals surface area contributed by atoms with Crippen molar-refractivity contribution in [3.63, 3.8) is 0 Å². The number of fused-ring (bicyclic) bond motifs is 13. The SMILES string of the molecule is Cc1ccc(-n2c(C)nnc2N2CCC3(CC2)OCc2ccccc23)cn1.Cc1ccc(NC(=S)N2CCC3(CC2)OCc2ccccc23)cn1.Cc1ccccc1-c1ccc(C(=O)N2CCC3(CC2)OCc2ccccc23)cc1.Cn1ncc2c1Nc1ccccc1N=C2N1CCC2(CC1)OCc1ccccc12.O=C(CCc1c[nH]c2ccccc12)N1CCC2(CC1)OCc1ccccc12. The van der Waals surface area contributed by atoms with Gasteiger partial charge in [0.2, 0.25) is 11.9 Å². The van der Waals surface area contributed by atoms with Gasteiger partial charge in [0.1, 0.15) is 17.5 Å². The molecule has 0 atom stereocenters. The molecule has 11 aliphatic rings. The number of nitrogens with one attached hydrogen (secondary N) is 3. The van der Waals surface area contributed by atoms with E-state index in [-0.39, 0.29) is 39.8 Å². The van der Waals surface area contributed by atoms with Crippen molar-refractivity contribution in [2.45, 2.75) is 166 Å². The van der Waals surface area contributed by atoms with Crippen LogP contribution in [0.5, 0.6) is 0 Å². The van der Waals surface area contributed by atoms with Crippen molar-refractivity contribution in [1.82, 2.24) is 59.1 Å². The highest BCUT2D eigenvalue weighted by molar-refractivity contribution is 7.80. The number of hydrogen-bond acceptors (Lipinski definition) is 17. The van der Waals surface area contributed by atoms with Crippen LogP contribution in [0.1, 0.15) is 171 Å². The molecule has 5 aromatic heterocycles. The van der Waals surface area contributed by atoms with Crippen LogP contribution in [0.15, 0.2) is 272 Å². The summed E-state index contributed by atoms with van der Waals surface area (Å²) in [5.41, 5.74) is 26.2. The number of benzene rings is 9. The topological polar surface area (TPSA) is 223 Å². The van der Waals surface area contributed by atoms with E-state index < -0.39 is 0 Å². The van der Waals surface area contributed by atoms with Gasteiger partial charge in [-0.3, -0.25) is 28.8 Å². The molecule has 16 heterocycles. The van der Waals surface area contributed by atoms with Crippen molar-refractivity contribution in [1.29, 1.82) is 0 Å². The van der Waals surface area contributed by atoms with Crippen LogP contribution >= 0.6 is 12.2 Å². The maximum Gasteiger partial charge on any atom is 0.253 e. The summed E-state index contributed by atoms with van der Waals surface area (Å²) in [6.07, 6.45) is 18.3. The molecule has 0 bridgehead atoms. The van der Waals surface area contributed by atoms with Crippen molar-refractivity contribution in [3.05, 3.63) is 363 Å². The lowest BCUT2D eigenvalue weighted by atomic mass is 9.83. The number of nitrogens with zero attached hydrogens (tertiary/aromatic N) is 13. The van der Waals surface area contributed by atoms with Gasteiger partial charge in [0.15, 0.2) is 5.11 Å². The second-order valence-corrected chi connectivity index (χ2v) is 38.2. The monoisotopic (exact) mass is 1830 g/mol. The molecule has 3 N–H and O–H groups in total. The predicted molar refractivity (Wildman–Crippen MR) is 535 cm³/mol. The zero-order valence-corrected chi connectivity index (χ0v) is 78.9. The van der Waals surface area contributed by atoms with Crippen LogP contribution < -0.4 is 15.5 Å². The molecule has 2 amide bonds. The van der Waals surface area contributed by atoms with Crippen LogP contribution in [0.3, 0.4) is 0 Å². The van der Waals surface area contributed by atoms with Gasteiger partial charge in [-0.25, -0.2) is 4.99 Å². The molecule has 692 valence electrons. The highest BCUT2D eigenvalue weighted by Gasteiger charge is 2.49. The third-order valence-corrected chi connectivity index (χ3v) is 30.3. The number of amidine groups is 1. The van der Waals surface area contributed by atoms with Gasteiger partial charge in [-0.15, -0.1) is 10.2 Å². The summed E-state index contributed by atoms with van der Waals surface area (Å²) in [6, 6.07) is 83.7. The summed E-state index contributed by atoms with van der Waals surface area (Å²) in [4.78, 5) is 53.8. The number of likely N-dealkylation sites (tertiary alicyclic amines) is 4. The Labute approximate surface area is 800 Å². The minimum absolute atomic E-state index is 0.113. The fraction of sp³-hybridized carbons (Fsp3) is 0.330. The summed E-state index contributed by atoms with van der Waals surface area (Å²) < 4.78 is 35.3. The highest BCUT2D eigenvalue weighted by Crippen LogP contribution is 2.51. The van der Waals surface area contributed by atoms with Crippen LogP contribution in [0.25, 0.3) is 27.7 Å². The fourth-order valence-electron chi connectivity index (χ4n) is 22.2. The number of H-pyrrole nitrogens is 1. The first-order valence-electron chi connectivity index (χ1n) is 48.2. The van der Waals surface area contributed by atoms with Crippen LogP contribution in [0.2, 0.25) is 0 Å². The minimum atomic E-state index is -0.206. The fourth-order valence-corrected chi connectivity index (χ4v) is 22.5. The van der Waals surface area contributed by atoms with Crippen LogP contribution in [0, 0.1) is 27.7 Å². The molecule has 0 saturated carbocycles. The van der Waals surface area contributed by atoms with Crippen molar-refractivity contribution in [2.24, 2.45) is 12.0 Å². The Kier molecular flexibility index (Phi) is 25.0. The van der Waals surface area contributed by atoms with Crippen molar-refractivity contribution >= 4 is 74.7 Å². The molecule has 23 nitrogen and oxygen atoms in total. The lowest BCUT2D eigenvalue weighted by molar-refractivity contribution is -0.138. The van der Waals surface area contributed by atoms with Crippen molar-refractivity contribution < 1.29 is 33.3 Å². The van der Waals surface area contributed by atoms with E-state index in [0.717, 1.165) is 241 Å². The Morgan fingerprint density at radius 1 is 0.449 bits per heavy atom. The number of ether oxygens (including phenoxy) is 5. The molecule has 14 aromatic rings. The number of para-hydroxylation sites is 3. The van der Waals surface area contributed by atoms with Gasteiger partial charge in [-0.1, -0.05) is 188 Å². The molecule has 25 rings (SSSR count). The summed E-state index contributed by atoms with van der Waals surface area (Å²) in [5.74, 6) is 4.10. The Bertz CT molecular complexity index is 6750. The minimum Gasteiger partial charge on any atom is -0.365 e. The number of carbonyl (C=O) groups excluding carboxylic acids is 2. The number of piperidine rings is 5. The zero-order valence-electron chi connectivity index (χ0n) is 78.1. The van der Waals surface area contributed by atoms with E-state index in [4.69, 9.17) is 40.9 Å². The van der Waals surface area contributed by atoms with Gasteiger partial charge in [-0.2, -0.15) is 5.10 Å². The standard InChI is InChI=1S/C26H25NO2.C23H23N5O.C23H24N2O2.C21H23N5O.C19H21N3OS/c1-19-6-2-4-8-23(19)20-10-12-21(13-11-20)25(28)27-16-14-26(15-17-27)24-9-5-3-7-22(24)18-29-26;1-27-21-17(14-24-27)22(26-20-9-5-4-8-19(20)25-21)28-12-10-23(11-13-28)18-7-3-2-6-16(18)15-29-23;26-22(10-9-17-15-24-21-8-4-2-6-19(17)21)25-13-11-23(12-14-25)20-7-3-1-5-18(20)16-27-23;1-15-7-8-18(13-22-15)26-16(2)23-24-20(26)25-11-9-21(10-12-25)19-6-4-3-5-17(19)14-27-21;1-14-6-7-16(12-20-14)21-18(24)22-10-8-19(9-11-22)17-5-3-2-4-15(17)13-23-19/h2-13H,14-18H2,1H3;2-9,14,25H,10-13,15H2,1H3;1-8,15,24H,9-14,16H2;3-8,13H,9-12,14H2,1-2H3;2-7,12H,8-11,13H2,1H3,(H,21,24). The van der Waals surface area contributed by atoms with E-state index >= 15 is 0 Å². The van der Waals surface area contributed by atoms with E-state index in [1.807, 2.05) is 134 Å². The van der Waals surface area contributed by atoms with E-state index in [0.29, 0.717) is 19.6 Å². The Morgan fingerprint density at radius 2 is 0.912 bits per heavy atom. The molecule has 5 spiro atoms. The number of carbonyl (C=O) groups is 2. The molecule has 5 saturated heterocycles. The van der Waals surface area contributed by atoms with Crippen LogP contribution in [-0.4, -0.2) is 147 Å². The average molecular weight is 1830 g/mol. The molecular weight excluding hydrogens is 1710 g/mol. The van der Waals surface area contributed by atoms with E-state index in [1.54, 1.807) is 0 Å². The van der Waals surface area contributed by atoms with Crippen molar-refractivity contribution in [2.75, 3.05) is 81.0 Å². The maximum absolute atomic E-state index is 13.0. The van der Waals surface area contributed by atoms with Gasteiger partial charge >= 0.3 is 0 Å². The molecule has 0 unspecified atom stereocenters. The van der Waals surface area contributed by atoms with E-state index in [2.05, 4.69) is 243 Å². The highest BCUT2D eigenvalue weighted by atomic mass is 32.1. The molecule has 0 aliphatic carbocycles. The maximum atomic E-state index is 13.0. The number of aliphatic imine (C=N–C) groups is 1. The summed E-state index contributed by atoms with van der Waals surface area (Å²) in [7, 11) is 1.96. The van der Waals surface area contributed by atoms with Gasteiger partial charge in [0.05, 0.1) is 108 Å². The Hall–Kier alpha value is -13.3. The number of aromatic amines is 1. The third kappa shape index (κ3) is 17.7. The van der Waals surface area contributed by atoms with E-state index in [1.165, 1.54) is 77.7 Å². The molecule has 5 fully saturated rings. The first-order valence-corrected chi connectivity index (χ1v) is 48.6. The Balaban J connectivity index is 0.000000102. The Morgan fingerprint density at radius 3 is 1.43 bits per heavy atom. The largest absolute Gasteiger partial charge is 0.365 e. The van der Waals surface area contributed by atoms with Gasteiger partial charge in [0, 0.05) is 113 Å². The number of thiocarbonyl (C=S) groups is 1. The van der Waals surface area contributed by atoms with Crippen molar-refractivity contribution in [3.8, 4) is 16.8 Å². The molecule has 136 heavy (non-hydrogen) atoms. The second-order valence-electron chi connectivity index (χ2n) is 37.9. The molecule has 11 aliphatic heterocycles. The summed E-state index contributed by atoms with van der Waals surface area (Å²) >= 11 is 5.58. The average Bonchev–Trinajstić information content (AvgIpc) is 1.64. The normalized spacial score (nSPS) is 18.2. The second kappa shape index (κ2) is 38.1. The lowest BCUT2D eigenvalue weighted by Gasteiger charge is -2.40. The quantitative estimate of drug-likeness (QED) is 0.120.